The van der Waals surface area contributed by atoms with Gasteiger partial charge in [-0.1, -0.05) is 24.3 Å². The first kappa shape index (κ1) is 15.8. The van der Waals surface area contributed by atoms with Crippen LogP contribution in [0.3, 0.4) is 0 Å². The third kappa shape index (κ3) is 4.18. The highest BCUT2D eigenvalue weighted by atomic mass is 19.4. The molecule has 0 aromatic heterocycles. The Morgan fingerprint density at radius 2 is 1.64 bits per heavy atom. The Morgan fingerprint density at radius 1 is 1.00 bits per heavy atom. The van der Waals surface area contributed by atoms with Gasteiger partial charge >= 0.3 is 6.18 Å². The molecule has 1 amide bonds. The normalized spacial score (nSPS) is 11.6. The van der Waals surface area contributed by atoms with Gasteiger partial charge < -0.3 is 5.32 Å². The smallest absolute Gasteiger partial charge is 0.322 e. The van der Waals surface area contributed by atoms with E-state index in [1.165, 1.54) is 48.5 Å². The third-order valence-corrected chi connectivity index (χ3v) is 2.79. The minimum Gasteiger partial charge on any atom is -0.322 e. The molecular formula is C16H11F4NO. The molecule has 2 rings (SSSR count). The number of para-hydroxylation sites is 1. The van der Waals surface area contributed by atoms with Crippen molar-refractivity contribution in [2.45, 2.75) is 6.18 Å². The summed E-state index contributed by atoms with van der Waals surface area (Å²) in [6, 6.07) is 10.0. The Labute approximate surface area is 124 Å². The Morgan fingerprint density at radius 3 is 2.27 bits per heavy atom. The Hall–Kier alpha value is -2.63. The summed E-state index contributed by atoms with van der Waals surface area (Å²) in [6.45, 7) is 0. The number of nitrogens with one attached hydrogen (secondary N) is 1. The van der Waals surface area contributed by atoms with E-state index in [0.717, 1.165) is 12.1 Å². The van der Waals surface area contributed by atoms with Crippen molar-refractivity contribution in [1.29, 1.82) is 0 Å². The molecule has 6 heteroatoms. The molecule has 22 heavy (non-hydrogen) atoms. The molecule has 0 aliphatic rings. The molecule has 0 bridgehead atoms. The fraction of sp³-hybridized carbons (Fsp3) is 0.0625. The van der Waals surface area contributed by atoms with Gasteiger partial charge in [-0.2, -0.15) is 13.2 Å². The van der Waals surface area contributed by atoms with E-state index in [-0.39, 0.29) is 5.69 Å². The molecule has 2 nitrogen and oxygen atoms in total. The van der Waals surface area contributed by atoms with Crippen LogP contribution in [0.4, 0.5) is 23.2 Å². The lowest BCUT2D eigenvalue weighted by Gasteiger charge is -2.12. The second-order valence-corrected chi connectivity index (χ2v) is 4.42. The average Bonchev–Trinajstić information content (AvgIpc) is 2.46. The van der Waals surface area contributed by atoms with Gasteiger partial charge in [-0.05, 0) is 35.9 Å². The molecule has 2 aromatic rings. The number of alkyl halides is 3. The number of rotatable bonds is 3. The summed E-state index contributed by atoms with van der Waals surface area (Å²) in [6.07, 6.45) is -2.09. The third-order valence-electron chi connectivity index (χ3n) is 2.79. The molecule has 0 heterocycles. The Bertz CT molecular complexity index is 690. The van der Waals surface area contributed by atoms with Crippen molar-refractivity contribution in [2.24, 2.45) is 0 Å². The second-order valence-electron chi connectivity index (χ2n) is 4.42. The first-order valence-electron chi connectivity index (χ1n) is 6.27. The number of amides is 1. The van der Waals surface area contributed by atoms with Crippen LogP contribution in [0.15, 0.2) is 54.6 Å². The maximum atomic E-state index is 12.8. The van der Waals surface area contributed by atoms with Crippen molar-refractivity contribution < 1.29 is 22.4 Å². The zero-order chi connectivity index (χ0) is 16.2. The highest BCUT2D eigenvalue weighted by Crippen LogP contribution is 2.34. The fourth-order valence-corrected chi connectivity index (χ4v) is 1.76. The number of carbonyl (C=O) groups is 1. The summed E-state index contributed by atoms with van der Waals surface area (Å²) in [5.41, 5.74) is -0.678. The average molecular weight is 309 g/mol. The van der Waals surface area contributed by atoms with E-state index in [0.29, 0.717) is 5.56 Å². The van der Waals surface area contributed by atoms with E-state index in [9.17, 15) is 22.4 Å². The SMILES string of the molecule is O=C(C=Cc1ccc(F)cc1)Nc1ccccc1C(F)(F)F. The summed E-state index contributed by atoms with van der Waals surface area (Å²) in [5.74, 6) is -1.12. The van der Waals surface area contributed by atoms with Crippen LogP contribution >= 0.6 is 0 Å². The molecule has 1 N–H and O–H groups in total. The van der Waals surface area contributed by atoms with Gasteiger partial charge in [0.15, 0.2) is 0 Å². The van der Waals surface area contributed by atoms with Gasteiger partial charge in [0.25, 0.3) is 0 Å². The lowest BCUT2D eigenvalue weighted by Crippen LogP contribution is -2.14. The Kier molecular flexibility index (Phi) is 4.60. The van der Waals surface area contributed by atoms with E-state index in [1.54, 1.807) is 0 Å². The summed E-state index contributed by atoms with van der Waals surface area (Å²) in [7, 11) is 0. The summed E-state index contributed by atoms with van der Waals surface area (Å²) in [5, 5.41) is 2.18. The Balaban J connectivity index is 2.11. The molecular weight excluding hydrogens is 298 g/mol. The summed E-state index contributed by atoms with van der Waals surface area (Å²) < 4.78 is 51.1. The first-order chi connectivity index (χ1) is 10.4. The largest absolute Gasteiger partial charge is 0.418 e. The van der Waals surface area contributed by atoms with Crippen LogP contribution in [-0.4, -0.2) is 5.91 Å². The second kappa shape index (κ2) is 6.43. The molecule has 0 aliphatic carbocycles. The number of hydrogen-bond donors (Lipinski definition) is 1. The van der Waals surface area contributed by atoms with Gasteiger partial charge in [-0.15, -0.1) is 0 Å². The maximum Gasteiger partial charge on any atom is 0.418 e. The topological polar surface area (TPSA) is 29.1 Å². The summed E-state index contributed by atoms with van der Waals surface area (Å²) in [4.78, 5) is 11.7. The predicted molar refractivity (Wildman–Crippen MR) is 75.5 cm³/mol. The van der Waals surface area contributed by atoms with Gasteiger partial charge in [0.1, 0.15) is 5.82 Å². The number of anilines is 1. The molecule has 2 aromatic carbocycles. The van der Waals surface area contributed by atoms with E-state index >= 15 is 0 Å². The van der Waals surface area contributed by atoms with Gasteiger partial charge in [-0.25, -0.2) is 4.39 Å². The molecule has 0 radical (unpaired) electrons. The molecule has 0 unspecified atom stereocenters. The van der Waals surface area contributed by atoms with Gasteiger partial charge in [0.05, 0.1) is 11.3 Å². The minimum absolute atomic E-state index is 0.316. The quantitative estimate of drug-likeness (QED) is 0.656. The van der Waals surface area contributed by atoms with Gasteiger partial charge in [-0.3, -0.25) is 4.79 Å². The van der Waals surface area contributed by atoms with Crippen LogP contribution in [0.1, 0.15) is 11.1 Å². The van der Waals surface area contributed by atoms with Crippen molar-refractivity contribution in [2.75, 3.05) is 5.32 Å². The zero-order valence-corrected chi connectivity index (χ0v) is 11.2. The van der Waals surface area contributed by atoms with E-state index in [4.69, 9.17) is 0 Å². The highest BCUT2D eigenvalue weighted by molar-refractivity contribution is 6.02. The number of carbonyl (C=O) groups excluding carboxylic acids is 1. The van der Waals surface area contributed by atoms with E-state index in [1.807, 2.05) is 0 Å². The van der Waals surface area contributed by atoms with Crippen molar-refractivity contribution in [3.8, 4) is 0 Å². The minimum atomic E-state index is -4.55. The monoisotopic (exact) mass is 309 g/mol. The van der Waals surface area contributed by atoms with Crippen molar-refractivity contribution in [3.05, 3.63) is 71.6 Å². The lowest BCUT2D eigenvalue weighted by molar-refractivity contribution is -0.136. The van der Waals surface area contributed by atoms with E-state index < -0.39 is 23.5 Å². The zero-order valence-electron chi connectivity index (χ0n) is 11.2. The van der Waals surface area contributed by atoms with Crippen LogP contribution in [0, 0.1) is 5.82 Å². The van der Waals surface area contributed by atoms with Crippen LogP contribution < -0.4 is 5.32 Å². The number of halogens is 4. The highest BCUT2D eigenvalue weighted by Gasteiger charge is 2.33. The lowest BCUT2D eigenvalue weighted by atomic mass is 10.1. The van der Waals surface area contributed by atoms with Crippen molar-refractivity contribution >= 4 is 17.7 Å². The number of benzene rings is 2. The fourth-order valence-electron chi connectivity index (χ4n) is 1.76. The maximum absolute atomic E-state index is 12.8. The predicted octanol–water partition coefficient (Wildman–Crippen LogP) is 4.50. The molecule has 0 spiro atoms. The first-order valence-corrected chi connectivity index (χ1v) is 6.27. The molecule has 0 fully saturated rings. The molecule has 114 valence electrons. The standard InChI is InChI=1S/C16H11F4NO/c17-12-8-5-11(6-9-12)7-10-15(22)21-14-4-2-1-3-13(14)16(18,19)20/h1-10H,(H,21,22). The van der Waals surface area contributed by atoms with Crippen LogP contribution in [-0.2, 0) is 11.0 Å². The summed E-state index contributed by atoms with van der Waals surface area (Å²) >= 11 is 0. The van der Waals surface area contributed by atoms with Gasteiger partial charge in [0, 0.05) is 6.08 Å². The van der Waals surface area contributed by atoms with Crippen molar-refractivity contribution in [1.82, 2.24) is 0 Å². The van der Waals surface area contributed by atoms with Gasteiger partial charge in [0.2, 0.25) is 5.91 Å². The van der Waals surface area contributed by atoms with Crippen LogP contribution in [0.2, 0.25) is 0 Å². The van der Waals surface area contributed by atoms with Crippen molar-refractivity contribution in [3.63, 3.8) is 0 Å². The molecule has 0 saturated heterocycles. The van der Waals surface area contributed by atoms with Crippen LogP contribution in [0.25, 0.3) is 6.08 Å². The van der Waals surface area contributed by atoms with Crippen LogP contribution in [0.5, 0.6) is 0 Å². The molecule has 0 aliphatic heterocycles. The molecule has 0 atom stereocenters. The van der Waals surface area contributed by atoms with E-state index in [2.05, 4.69) is 5.32 Å². The number of hydrogen-bond acceptors (Lipinski definition) is 1. The molecule has 0 saturated carbocycles.